The summed E-state index contributed by atoms with van der Waals surface area (Å²) >= 11 is 0. The summed E-state index contributed by atoms with van der Waals surface area (Å²) in [5.74, 6) is -4.20. The van der Waals surface area contributed by atoms with Gasteiger partial charge in [0.05, 0.1) is 12.8 Å². The van der Waals surface area contributed by atoms with E-state index in [1.807, 2.05) is 0 Å². The van der Waals surface area contributed by atoms with E-state index in [1.165, 1.54) is 0 Å². The molecule has 0 aromatic heterocycles. The summed E-state index contributed by atoms with van der Waals surface area (Å²) in [7, 11) is 1.54. The summed E-state index contributed by atoms with van der Waals surface area (Å²) < 4.78 is 30.4. The van der Waals surface area contributed by atoms with E-state index in [2.05, 4.69) is 10.5 Å². The maximum Gasteiger partial charge on any atom is 0.260 e. The molecule has 1 aromatic carbocycles. The van der Waals surface area contributed by atoms with Crippen LogP contribution in [0, 0.1) is 5.92 Å². The fraction of sp³-hybridized carbons (Fsp3) is 0.385. The second-order valence-electron chi connectivity index (χ2n) is 4.42. The highest BCUT2D eigenvalue weighted by Crippen LogP contribution is 2.48. The van der Waals surface area contributed by atoms with Crippen LogP contribution in [0.3, 0.4) is 0 Å². The van der Waals surface area contributed by atoms with Crippen molar-refractivity contribution >= 4 is 11.6 Å². The quantitative estimate of drug-likeness (QED) is 0.672. The van der Waals surface area contributed by atoms with Gasteiger partial charge in [0, 0.05) is 12.0 Å². The summed E-state index contributed by atoms with van der Waals surface area (Å²) in [5.41, 5.74) is 3.44. The van der Waals surface area contributed by atoms with Crippen molar-refractivity contribution in [3.8, 4) is 5.75 Å². The SMILES string of the molecule is COc1cccc(/C(C)=N/NC(=O)C2CC2(F)F)c1. The predicted molar refractivity (Wildman–Crippen MR) is 66.4 cm³/mol. The number of methoxy groups -OCH3 is 1. The maximum atomic E-state index is 12.7. The topological polar surface area (TPSA) is 50.7 Å². The van der Waals surface area contributed by atoms with E-state index in [1.54, 1.807) is 38.3 Å². The molecule has 19 heavy (non-hydrogen) atoms. The second-order valence-corrected chi connectivity index (χ2v) is 4.42. The lowest BCUT2D eigenvalue weighted by Crippen LogP contribution is -2.23. The van der Waals surface area contributed by atoms with E-state index in [0.29, 0.717) is 11.5 Å². The van der Waals surface area contributed by atoms with Gasteiger partial charge < -0.3 is 4.74 Å². The largest absolute Gasteiger partial charge is 0.497 e. The van der Waals surface area contributed by atoms with Gasteiger partial charge in [0.2, 0.25) is 5.91 Å². The van der Waals surface area contributed by atoms with Crippen LogP contribution in [-0.2, 0) is 4.79 Å². The van der Waals surface area contributed by atoms with Gasteiger partial charge in [0.15, 0.2) is 0 Å². The molecule has 0 saturated heterocycles. The van der Waals surface area contributed by atoms with E-state index < -0.39 is 24.2 Å². The van der Waals surface area contributed by atoms with Crippen LogP contribution in [0.15, 0.2) is 29.4 Å². The lowest BCUT2D eigenvalue weighted by molar-refractivity contribution is -0.124. The van der Waals surface area contributed by atoms with Crippen LogP contribution in [0.2, 0.25) is 0 Å². The minimum Gasteiger partial charge on any atom is -0.497 e. The van der Waals surface area contributed by atoms with Crippen molar-refractivity contribution in [2.75, 3.05) is 7.11 Å². The fourth-order valence-corrected chi connectivity index (χ4v) is 1.63. The number of halogens is 2. The monoisotopic (exact) mass is 268 g/mol. The van der Waals surface area contributed by atoms with Crippen LogP contribution in [-0.4, -0.2) is 24.7 Å². The molecule has 1 saturated carbocycles. The van der Waals surface area contributed by atoms with Gasteiger partial charge >= 0.3 is 0 Å². The molecule has 6 heteroatoms. The summed E-state index contributed by atoms with van der Waals surface area (Å²) in [4.78, 5) is 11.4. The number of carbonyl (C=O) groups is 1. The summed E-state index contributed by atoms with van der Waals surface area (Å²) in [5, 5.41) is 3.82. The van der Waals surface area contributed by atoms with Gasteiger partial charge in [-0.15, -0.1) is 0 Å². The summed E-state index contributed by atoms with van der Waals surface area (Å²) in [6.07, 6.45) is -0.396. The number of nitrogens with zero attached hydrogens (tertiary/aromatic N) is 1. The van der Waals surface area contributed by atoms with Gasteiger partial charge in [-0.25, -0.2) is 14.2 Å². The van der Waals surface area contributed by atoms with Crippen molar-refractivity contribution in [3.63, 3.8) is 0 Å². The molecule has 0 aliphatic heterocycles. The second kappa shape index (κ2) is 4.95. The van der Waals surface area contributed by atoms with Gasteiger partial charge in [0.25, 0.3) is 5.92 Å². The zero-order chi connectivity index (χ0) is 14.0. The van der Waals surface area contributed by atoms with Gasteiger partial charge in [-0.3, -0.25) is 4.79 Å². The number of ether oxygens (including phenoxy) is 1. The smallest absolute Gasteiger partial charge is 0.260 e. The molecule has 102 valence electrons. The molecular weight excluding hydrogens is 254 g/mol. The summed E-state index contributed by atoms with van der Waals surface area (Å²) in [6.45, 7) is 1.68. The van der Waals surface area contributed by atoms with Gasteiger partial charge in [-0.05, 0) is 19.1 Å². The normalized spacial score (nSPS) is 20.8. The molecule has 0 radical (unpaired) electrons. The van der Waals surface area contributed by atoms with Crippen molar-refractivity contribution in [1.29, 1.82) is 0 Å². The molecule has 1 aromatic rings. The number of carbonyl (C=O) groups excluding carboxylic acids is 1. The van der Waals surface area contributed by atoms with Gasteiger partial charge in [0.1, 0.15) is 11.7 Å². The number of hydrogen-bond donors (Lipinski definition) is 1. The van der Waals surface area contributed by atoms with Crippen LogP contribution in [0.4, 0.5) is 8.78 Å². The molecule has 4 nitrogen and oxygen atoms in total. The van der Waals surface area contributed by atoms with Crippen molar-refractivity contribution in [3.05, 3.63) is 29.8 Å². The number of alkyl halides is 2. The van der Waals surface area contributed by atoms with E-state index in [4.69, 9.17) is 4.74 Å². The number of rotatable bonds is 4. The molecule has 0 bridgehead atoms. The van der Waals surface area contributed by atoms with E-state index in [9.17, 15) is 13.6 Å². The standard InChI is InChI=1S/C13H14F2N2O2/c1-8(9-4-3-5-10(6-9)19-2)16-17-12(18)11-7-13(11,14)15/h3-6,11H,7H2,1-2H3,(H,17,18)/b16-8+. The highest BCUT2D eigenvalue weighted by molar-refractivity contribution is 5.99. The third-order valence-electron chi connectivity index (χ3n) is 2.96. The lowest BCUT2D eigenvalue weighted by Gasteiger charge is -2.04. The molecule has 2 rings (SSSR count). The molecule has 1 amide bonds. The number of benzene rings is 1. The summed E-state index contributed by atoms with van der Waals surface area (Å²) in [6, 6.07) is 7.10. The van der Waals surface area contributed by atoms with Crippen molar-refractivity contribution in [2.24, 2.45) is 11.0 Å². The van der Waals surface area contributed by atoms with Crippen LogP contribution in [0.25, 0.3) is 0 Å². The first-order valence-corrected chi connectivity index (χ1v) is 5.80. The van der Waals surface area contributed by atoms with Crippen LogP contribution >= 0.6 is 0 Å². The number of hydrazone groups is 1. The molecule has 0 spiro atoms. The highest BCUT2D eigenvalue weighted by atomic mass is 19.3. The zero-order valence-corrected chi connectivity index (χ0v) is 10.6. The number of amides is 1. The van der Waals surface area contributed by atoms with Crippen molar-refractivity contribution in [2.45, 2.75) is 19.3 Å². The number of nitrogens with one attached hydrogen (secondary N) is 1. The fourth-order valence-electron chi connectivity index (χ4n) is 1.63. The first kappa shape index (κ1) is 13.5. The Morgan fingerprint density at radius 1 is 1.53 bits per heavy atom. The average Bonchev–Trinajstić information content (AvgIpc) is 3.04. The molecule has 1 aliphatic carbocycles. The lowest BCUT2D eigenvalue weighted by atomic mass is 10.1. The van der Waals surface area contributed by atoms with Crippen LogP contribution in [0.1, 0.15) is 18.9 Å². The average molecular weight is 268 g/mol. The van der Waals surface area contributed by atoms with Crippen LogP contribution < -0.4 is 10.2 Å². The highest BCUT2D eigenvalue weighted by Gasteiger charge is 2.61. The van der Waals surface area contributed by atoms with Crippen molar-refractivity contribution < 1.29 is 18.3 Å². The van der Waals surface area contributed by atoms with E-state index >= 15 is 0 Å². The van der Waals surface area contributed by atoms with Gasteiger partial charge in [-0.1, -0.05) is 12.1 Å². The Labute approximate surface area is 109 Å². The molecular formula is C13H14F2N2O2. The Hall–Kier alpha value is -1.98. The van der Waals surface area contributed by atoms with Crippen molar-refractivity contribution in [1.82, 2.24) is 5.43 Å². The zero-order valence-electron chi connectivity index (χ0n) is 10.6. The molecule has 1 unspecified atom stereocenters. The Bertz CT molecular complexity index is 529. The molecule has 1 N–H and O–H groups in total. The molecule has 0 heterocycles. The minimum atomic E-state index is -2.87. The Morgan fingerprint density at radius 2 is 2.21 bits per heavy atom. The van der Waals surface area contributed by atoms with E-state index in [-0.39, 0.29) is 0 Å². The first-order chi connectivity index (χ1) is 8.94. The molecule has 1 atom stereocenters. The molecule has 1 fully saturated rings. The number of hydrogen-bond acceptors (Lipinski definition) is 3. The van der Waals surface area contributed by atoms with Crippen LogP contribution in [0.5, 0.6) is 5.75 Å². The first-order valence-electron chi connectivity index (χ1n) is 5.80. The Kier molecular flexibility index (Phi) is 3.50. The maximum absolute atomic E-state index is 12.7. The van der Waals surface area contributed by atoms with Gasteiger partial charge in [-0.2, -0.15) is 5.10 Å². The minimum absolute atomic E-state index is 0.396. The molecule has 1 aliphatic rings. The third-order valence-corrected chi connectivity index (χ3v) is 2.96. The third kappa shape index (κ3) is 3.07. The van der Waals surface area contributed by atoms with E-state index in [0.717, 1.165) is 5.56 Å². The predicted octanol–water partition coefficient (Wildman–Crippen LogP) is 2.19. The Morgan fingerprint density at radius 3 is 2.79 bits per heavy atom. The Balaban J connectivity index is 2.01.